The highest BCUT2D eigenvalue weighted by Gasteiger charge is 2.42. The van der Waals surface area contributed by atoms with Crippen LogP contribution in [0.1, 0.15) is 75.3 Å². The van der Waals surface area contributed by atoms with E-state index in [1.807, 2.05) is 0 Å². The van der Waals surface area contributed by atoms with Crippen LogP contribution in [-0.4, -0.2) is 104 Å². The number of halogens is 3. The van der Waals surface area contributed by atoms with Crippen LogP contribution in [0.15, 0.2) is 115 Å². The van der Waals surface area contributed by atoms with Crippen molar-refractivity contribution < 1.29 is 87.9 Å². The summed E-state index contributed by atoms with van der Waals surface area (Å²) in [6, 6.07) is 9.73. The van der Waals surface area contributed by atoms with E-state index in [2.05, 4.69) is 31.9 Å². The van der Waals surface area contributed by atoms with Crippen molar-refractivity contribution in [3.63, 3.8) is 0 Å². The normalized spacial score (nSPS) is 21.5. The van der Waals surface area contributed by atoms with Gasteiger partial charge in [0, 0.05) is 35.2 Å². The number of nitrogens with two attached hydrogens (primary N) is 1. The van der Waals surface area contributed by atoms with E-state index in [4.69, 9.17) is 64.2 Å². The van der Waals surface area contributed by atoms with Crippen LogP contribution in [-0.2, 0) is 44.7 Å². The number of nitrogens with one attached hydrogen (secondary N) is 6. The number of aliphatic hydroxyl groups excluding tert-OH is 1. The average Bonchev–Trinajstić information content (AvgIpc) is 1.98. The molecule has 0 saturated carbocycles. The molecule has 7 aromatic rings. The molecule has 0 aliphatic carbocycles. The highest BCUT2D eigenvalue weighted by Crippen LogP contribution is 2.49. The molecule has 0 aromatic heterocycles. The van der Waals surface area contributed by atoms with Gasteiger partial charge in [0.15, 0.2) is 29.0 Å². The van der Waals surface area contributed by atoms with Crippen LogP contribution in [0.25, 0.3) is 11.1 Å². The van der Waals surface area contributed by atoms with Gasteiger partial charge < -0.3 is 92.0 Å². The highest BCUT2D eigenvalue weighted by atomic mass is 35.5. The van der Waals surface area contributed by atoms with Gasteiger partial charge in [-0.15, -0.1) is 11.6 Å². The van der Waals surface area contributed by atoms with Crippen molar-refractivity contribution in [2.24, 2.45) is 5.73 Å². The van der Waals surface area contributed by atoms with Crippen molar-refractivity contribution >= 4 is 76.2 Å². The lowest BCUT2D eigenvalue weighted by Crippen LogP contribution is -2.55. The van der Waals surface area contributed by atoms with Crippen LogP contribution < -0.4 is 56.6 Å². The SMILES string of the molecule is COC(=O)[C@@H]1NC(=O)[C@H]2NC(=O)[C@H](NC(=O)[C@@H]3NC(=O)[C@H]4NC(=O)[C@@H](Cc5ccc(c(Cl)c5)Oc5cc3cc(c5OCCCl)Oc3ccc(cc3Cl)[C@H]2O)NC(=O)[C@@H](N)c2ccc(O)c(c2)Oc2cc(O)cc4c2)c2ccc(O)c(c2)-c2c(O)cc(O)cc21. The number of alkyl halides is 1. The number of hydrogen-bond donors (Lipinski definition) is 13. The number of hydrogen-bond acceptors (Lipinski definition) is 19. The Morgan fingerprint density at radius 2 is 1.16 bits per heavy atom. The first-order chi connectivity index (χ1) is 42.5. The third-order valence-electron chi connectivity index (χ3n) is 14.9. The minimum absolute atomic E-state index is 0.0659. The van der Waals surface area contributed by atoms with Crippen LogP contribution >= 0.6 is 34.8 Å². The molecule has 0 spiro atoms. The first-order valence-electron chi connectivity index (χ1n) is 26.9. The standard InChI is InChI=1S/C61H50Cl3N7O18/c1-85-61(84)51-34-22-31(73)23-40(76)46(34)33-16-26(4-6-38(33)74)48-57(80)71-52(60(83)70-51)53(77)27-5-9-42(36(64)17-27)89-45-20-29-19-44(54(45)86-11-10-62)88-41-8-2-24(12-35(41)63)13-37-55(78)67-49(58(81)69-50(29)59(82)68-48)28-14-30(72)21-32(15-28)87-43-18-25(3-7-39(43)75)47(65)56(79)66-37/h2-9,12,14-23,37,47-53,72-77H,10-11,13,65H2,1H3,(H,66,79)(H,67,78)(H,68,82)(H,69,81)(H,70,83)(H,71,80)/t37-,47+,48-,49+,50-,51-,52+,53-/m1/s1. The van der Waals surface area contributed by atoms with Crippen molar-refractivity contribution in [3.8, 4) is 80.1 Å². The molecule has 0 radical (unpaired) electrons. The number of aromatic hydroxyl groups is 5. The molecule has 14 N–H and O–H groups in total. The number of aliphatic hydroxyl groups is 1. The number of carbonyl (C=O) groups is 7. The van der Waals surface area contributed by atoms with Crippen LogP contribution in [0.3, 0.4) is 0 Å². The molecule has 6 aliphatic rings. The molecule has 6 amide bonds. The monoisotopic (exact) mass is 1270 g/mol. The Balaban J connectivity index is 1.16. The van der Waals surface area contributed by atoms with E-state index in [1.54, 1.807) is 0 Å². The van der Waals surface area contributed by atoms with Crippen molar-refractivity contribution in [1.29, 1.82) is 0 Å². The summed E-state index contributed by atoms with van der Waals surface area (Å²) >= 11 is 20.2. The largest absolute Gasteiger partial charge is 0.508 e. The molecular formula is C61H50Cl3N7O18. The van der Waals surface area contributed by atoms with E-state index in [-0.39, 0.29) is 114 Å². The van der Waals surface area contributed by atoms with Crippen LogP contribution in [0.4, 0.5) is 0 Å². The maximum Gasteiger partial charge on any atom is 0.333 e. The maximum absolute atomic E-state index is 15.9. The van der Waals surface area contributed by atoms with Gasteiger partial charge in [0.25, 0.3) is 0 Å². The fourth-order valence-electron chi connectivity index (χ4n) is 10.6. The zero-order chi connectivity index (χ0) is 63.3. The molecule has 17 bridgehead atoms. The van der Waals surface area contributed by atoms with Crippen molar-refractivity contribution in [1.82, 2.24) is 31.9 Å². The summed E-state index contributed by atoms with van der Waals surface area (Å²) in [5.41, 5.74) is 5.02. The minimum atomic E-state index is -2.13. The number of phenolic OH excluding ortho intramolecular Hbond substituents is 5. The van der Waals surface area contributed by atoms with Gasteiger partial charge in [-0.05, 0) is 112 Å². The summed E-state index contributed by atoms with van der Waals surface area (Å²) in [4.78, 5) is 105. The Hall–Kier alpha value is -10.2. The summed E-state index contributed by atoms with van der Waals surface area (Å²) < 4.78 is 30.3. The highest BCUT2D eigenvalue weighted by molar-refractivity contribution is 6.32. The zero-order valence-corrected chi connectivity index (χ0v) is 48.3. The van der Waals surface area contributed by atoms with Crippen LogP contribution in [0.2, 0.25) is 10.0 Å². The zero-order valence-electron chi connectivity index (χ0n) is 46.0. The van der Waals surface area contributed by atoms with Crippen LogP contribution in [0.5, 0.6) is 69.0 Å². The quantitative estimate of drug-likeness (QED) is 0.0711. The number of methoxy groups -OCH3 is 1. The van der Waals surface area contributed by atoms with E-state index >= 15 is 14.4 Å². The molecule has 0 saturated heterocycles. The summed E-state index contributed by atoms with van der Waals surface area (Å²) in [7, 11) is 0.973. The molecule has 13 rings (SSSR count). The predicted octanol–water partition coefficient (Wildman–Crippen LogP) is 5.99. The number of phenols is 5. The molecule has 6 aliphatic heterocycles. The summed E-state index contributed by atoms with van der Waals surface area (Å²) in [6.07, 6.45) is -2.40. The first kappa shape index (κ1) is 60.5. The number of ether oxygens (including phenoxy) is 5. The smallest absolute Gasteiger partial charge is 0.333 e. The van der Waals surface area contributed by atoms with Gasteiger partial charge in [0.1, 0.15) is 89.2 Å². The van der Waals surface area contributed by atoms with Gasteiger partial charge in [-0.3, -0.25) is 28.8 Å². The minimum Gasteiger partial charge on any atom is -0.508 e. The first-order valence-corrected chi connectivity index (χ1v) is 28.2. The second-order valence-corrected chi connectivity index (χ2v) is 22.0. The molecule has 0 unspecified atom stereocenters. The molecule has 7 aromatic carbocycles. The number of benzene rings is 7. The number of amides is 6. The van der Waals surface area contributed by atoms with Crippen molar-refractivity contribution in [3.05, 3.63) is 164 Å². The van der Waals surface area contributed by atoms with E-state index in [1.165, 1.54) is 78.9 Å². The van der Waals surface area contributed by atoms with Gasteiger partial charge in [-0.1, -0.05) is 47.5 Å². The molecular weight excluding hydrogens is 1230 g/mol. The van der Waals surface area contributed by atoms with Crippen molar-refractivity contribution in [2.75, 3.05) is 19.6 Å². The second kappa shape index (κ2) is 24.5. The Labute approximate surface area is 518 Å². The summed E-state index contributed by atoms with van der Waals surface area (Å²) in [5.74, 6) is -12.7. The molecule has 25 nitrogen and oxygen atoms in total. The average molecular weight is 1280 g/mol. The number of esters is 1. The lowest BCUT2D eigenvalue weighted by molar-refractivity contribution is -0.146. The van der Waals surface area contributed by atoms with Gasteiger partial charge in [-0.2, -0.15) is 0 Å². The summed E-state index contributed by atoms with van der Waals surface area (Å²) in [6.45, 7) is -0.215. The van der Waals surface area contributed by atoms with Gasteiger partial charge in [-0.25, -0.2) is 4.79 Å². The van der Waals surface area contributed by atoms with E-state index in [0.717, 1.165) is 43.5 Å². The van der Waals surface area contributed by atoms with E-state index in [0.29, 0.717) is 5.56 Å². The molecule has 8 atom stereocenters. The van der Waals surface area contributed by atoms with Crippen molar-refractivity contribution in [2.45, 2.75) is 54.8 Å². The van der Waals surface area contributed by atoms with Gasteiger partial charge >= 0.3 is 5.97 Å². The fraction of sp³-hybridized carbons (Fsp3) is 0.197. The Bertz CT molecular complexity index is 4120. The number of fused-ring (bicyclic) bond motifs is 14. The Morgan fingerprint density at radius 1 is 0.562 bits per heavy atom. The summed E-state index contributed by atoms with van der Waals surface area (Å²) in [5, 5.41) is 83.6. The number of carbonyl (C=O) groups excluding carboxylic acids is 7. The van der Waals surface area contributed by atoms with E-state index < -0.39 is 119 Å². The third-order valence-corrected chi connectivity index (χ3v) is 15.7. The molecule has 28 heteroatoms. The number of rotatable bonds is 4. The Kier molecular flexibility index (Phi) is 16.7. The maximum atomic E-state index is 15.9. The third kappa shape index (κ3) is 12.2. The second-order valence-electron chi connectivity index (χ2n) is 20.8. The fourth-order valence-corrected chi connectivity index (χ4v) is 11.2. The molecule has 6 heterocycles. The predicted molar refractivity (Wildman–Crippen MR) is 314 cm³/mol. The lowest BCUT2D eigenvalue weighted by Gasteiger charge is -2.31. The Morgan fingerprint density at radius 3 is 1.83 bits per heavy atom. The molecule has 89 heavy (non-hydrogen) atoms. The lowest BCUT2D eigenvalue weighted by atomic mass is 9.89. The topological polar surface area (TPSA) is 385 Å². The van der Waals surface area contributed by atoms with E-state index in [9.17, 15) is 49.8 Å². The van der Waals surface area contributed by atoms with Crippen LogP contribution in [0, 0.1) is 0 Å². The molecule has 458 valence electrons. The van der Waals surface area contributed by atoms with Gasteiger partial charge in [0.05, 0.1) is 23.0 Å². The van der Waals surface area contributed by atoms with Gasteiger partial charge in [0.2, 0.25) is 41.2 Å². The molecule has 0 fully saturated rings.